The lowest BCUT2D eigenvalue weighted by atomic mass is 9.80. The molecule has 0 heterocycles. The molecular formula is C13H20NO7P. The van der Waals surface area contributed by atoms with Gasteiger partial charge in [-0.15, -0.1) is 0 Å². The van der Waals surface area contributed by atoms with Crippen molar-refractivity contribution < 1.29 is 29.1 Å². The van der Waals surface area contributed by atoms with E-state index in [1.165, 1.54) is 45.0 Å². The number of nitro groups is 1. The molecule has 0 bridgehead atoms. The first-order valence-corrected chi connectivity index (χ1v) is 8.46. The van der Waals surface area contributed by atoms with Crippen molar-refractivity contribution in [1.29, 1.82) is 0 Å². The number of aliphatic hydroxyl groups is 2. The fourth-order valence-corrected chi connectivity index (χ4v) is 2.49. The van der Waals surface area contributed by atoms with Gasteiger partial charge in [0.05, 0.1) is 10.5 Å². The van der Waals surface area contributed by atoms with E-state index in [2.05, 4.69) is 0 Å². The maximum atomic E-state index is 11.6. The molecule has 0 aromatic heterocycles. The zero-order valence-corrected chi connectivity index (χ0v) is 13.7. The predicted molar refractivity (Wildman–Crippen MR) is 79.6 cm³/mol. The standard InChI is InChI=1S/C13H20NO7P/c1-12(2,15)13(3,16)11(21-22(4,19)20)9-5-7-10(8-6-9)14(17)18/h5-8,11,15-16H,1-4H3,(H,19,20). The smallest absolute Gasteiger partial charge is 0.325 e. The van der Waals surface area contributed by atoms with Crippen molar-refractivity contribution in [1.82, 2.24) is 0 Å². The van der Waals surface area contributed by atoms with Gasteiger partial charge in [-0.2, -0.15) is 0 Å². The van der Waals surface area contributed by atoms with Crippen LogP contribution >= 0.6 is 7.60 Å². The molecule has 1 rings (SSSR count). The molecule has 124 valence electrons. The summed E-state index contributed by atoms with van der Waals surface area (Å²) in [6.07, 6.45) is -1.35. The quantitative estimate of drug-likeness (QED) is 0.412. The predicted octanol–water partition coefficient (Wildman–Crippen LogP) is 1.99. The molecule has 0 saturated heterocycles. The van der Waals surface area contributed by atoms with Crippen LogP contribution in [-0.2, 0) is 9.09 Å². The third kappa shape index (κ3) is 4.34. The summed E-state index contributed by atoms with van der Waals surface area (Å²) in [5.41, 5.74) is -3.52. The van der Waals surface area contributed by atoms with Crippen molar-refractivity contribution in [3.05, 3.63) is 39.9 Å². The van der Waals surface area contributed by atoms with Crippen molar-refractivity contribution in [2.75, 3.05) is 6.66 Å². The number of hydrogen-bond donors (Lipinski definition) is 3. The Morgan fingerprint density at radius 1 is 1.23 bits per heavy atom. The van der Waals surface area contributed by atoms with E-state index in [0.717, 1.165) is 6.66 Å². The summed E-state index contributed by atoms with van der Waals surface area (Å²) < 4.78 is 16.6. The first-order valence-electron chi connectivity index (χ1n) is 6.43. The van der Waals surface area contributed by atoms with Crippen LogP contribution in [0.15, 0.2) is 24.3 Å². The molecule has 3 atom stereocenters. The highest BCUT2D eigenvalue weighted by Gasteiger charge is 2.48. The van der Waals surface area contributed by atoms with Gasteiger partial charge in [-0.3, -0.25) is 19.2 Å². The molecule has 0 aliphatic heterocycles. The van der Waals surface area contributed by atoms with Crippen molar-refractivity contribution in [2.24, 2.45) is 0 Å². The summed E-state index contributed by atoms with van der Waals surface area (Å²) >= 11 is 0. The number of benzene rings is 1. The van der Waals surface area contributed by atoms with Gasteiger partial charge in [0.2, 0.25) is 0 Å². The summed E-state index contributed by atoms with van der Waals surface area (Å²) in [5.74, 6) is 0. The summed E-state index contributed by atoms with van der Waals surface area (Å²) in [7, 11) is -3.99. The number of hydrogen-bond acceptors (Lipinski definition) is 6. The van der Waals surface area contributed by atoms with Crippen LogP contribution < -0.4 is 0 Å². The molecule has 1 aromatic rings. The number of rotatable bonds is 6. The second-order valence-electron chi connectivity index (χ2n) is 5.84. The van der Waals surface area contributed by atoms with Crippen LogP contribution in [0.1, 0.15) is 32.4 Å². The minimum absolute atomic E-state index is 0.172. The number of nitro benzene ring substituents is 1. The van der Waals surface area contributed by atoms with Crippen molar-refractivity contribution in [3.8, 4) is 0 Å². The van der Waals surface area contributed by atoms with Crippen LogP contribution in [0.25, 0.3) is 0 Å². The largest absolute Gasteiger partial charge is 0.387 e. The van der Waals surface area contributed by atoms with Crippen LogP contribution in [0.4, 0.5) is 5.69 Å². The van der Waals surface area contributed by atoms with E-state index in [0.29, 0.717) is 0 Å². The Kier molecular flexibility index (Phi) is 5.16. The molecule has 9 heteroatoms. The molecule has 0 spiro atoms. The Balaban J connectivity index is 3.32. The Bertz CT molecular complexity index is 585. The average Bonchev–Trinajstić information content (AvgIpc) is 2.33. The minimum atomic E-state index is -3.99. The average molecular weight is 333 g/mol. The van der Waals surface area contributed by atoms with Crippen molar-refractivity contribution >= 4 is 13.3 Å². The van der Waals surface area contributed by atoms with Gasteiger partial charge in [0.1, 0.15) is 11.7 Å². The van der Waals surface area contributed by atoms with Crippen molar-refractivity contribution in [3.63, 3.8) is 0 Å². The number of non-ortho nitro benzene ring substituents is 1. The second kappa shape index (κ2) is 6.06. The van der Waals surface area contributed by atoms with E-state index < -0.39 is 29.8 Å². The summed E-state index contributed by atoms with van der Waals surface area (Å²) in [6, 6.07) is 4.98. The van der Waals surface area contributed by atoms with Gasteiger partial charge < -0.3 is 15.1 Å². The minimum Gasteiger partial charge on any atom is -0.387 e. The molecule has 3 N–H and O–H groups in total. The van der Waals surface area contributed by atoms with Crippen LogP contribution in [-0.4, -0.2) is 37.9 Å². The molecule has 0 amide bonds. The Labute approximate surface area is 128 Å². The molecule has 22 heavy (non-hydrogen) atoms. The monoisotopic (exact) mass is 333 g/mol. The fourth-order valence-electron chi connectivity index (χ4n) is 1.78. The van der Waals surface area contributed by atoms with Crippen molar-refractivity contribution in [2.45, 2.75) is 38.1 Å². The molecule has 0 aliphatic rings. The Hall–Kier alpha value is -1.31. The van der Waals surface area contributed by atoms with Gasteiger partial charge in [-0.25, -0.2) is 0 Å². The molecule has 3 unspecified atom stereocenters. The van der Waals surface area contributed by atoms with E-state index in [-0.39, 0.29) is 11.3 Å². The van der Waals surface area contributed by atoms with Gasteiger partial charge >= 0.3 is 7.60 Å². The number of nitrogens with zero attached hydrogens (tertiary/aromatic N) is 1. The highest BCUT2D eigenvalue weighted by atomic mass is 31.2. The zero-order chi connectivity index (χ0) is 17.3. The van der Waals surface area contributed by atoms with Gasteiger partial charge in [-0.05, 0) is 38.5 Å². The topological polar surface area (TPSA) is 130 Å². The first-order chi connectivity index (χ1) is 9.75. The lowest BCUT2D eigenvalue weighted by molar-refractivity contribution is -0.384. The van der Waals surface area contributed by atoms with E-state index in [1.807, 2.05) is 0 Å². The van der Waals surface area contributed by atoms with Crippen LogP contribution in [0.3, 0.4) is 0 Å². The molecule has 1 aromatic carbocycles. The third-order valence-electron chi connectivity index (χ3n) is 3.46. The first kappa shape index (κ1) is 18.7. The molecule has 0 saturated carbocycles. The van der Waals surface area contributed by atoms with E-state index in [4.69, 9.17) is 4.52 Å². The third-order valence-corrected chi connectivity index (χ3v) is 4.06. The molecule has 0 aliphatic carbocycles. The summed E-state index contributed by atoms with van der Waals surface area (Å²) in [4.78, 5) is 19.5. The lowest BCUT2D eigenvalue weighted by Gasteiger charge is -2.41. The Morgan fingerprint density at radius 3 is 2.00 bits per heavy atom. The SMILES string of the molecule is CC(C)(O)C(C)(O)C(OP(C)(=O)O)c1ccc([N+](=O)[O-])cc1. The van der Waals surface area contributed by atoms with Gasteiger partial charge in [0.15, 0.2) is 0 Å². The van der Waals surface area contributed by atoms with E-state index in [9.17, 15) is 29.8 Å². The molecule has 8 nitrogen and oxygen atoms in total. The lowest BCUT2D eigenvalue weighted by Crippen LogP contribution is -2.52. The Morgan fingerprint density at radius 2 is 1.68 bits per heavy atom. The summed E-state index contributed by atoms with van der Waals surface area (Å²) in [6.45, 7) is 4.86. The molecule has 0 radical (unpaired) electrons. The van der Waals surface area contributed by atoms with Crippen LogP contribution in [0.2, 0.25) is 0 Å². The maximum Gasteiger partial charge on any atom is 0.325 e. The van der Waals surface area contributed by atoms with Gasteiger partial charge in [0.25, 0.3) is 5.69 Å². The highest BCUT2D eigenvalue weighted by molar-refractivity contribution is 7.51. The summed E-state index contributed by atoms with van der Waals surface area (Å²) in [5, 5.41) is 31.3. The normalized spacial score (nSPS) is 19.0. The van der Waals surface area contributed by atoms with E-state index in [1.54, 1.807) is 0 Å². The van der Waals surface area contributed by atoms with Crippen LogP contribution in [0, 0.1) is 10.1 Å². The van der Waals surface area contributed by atoms with Gasteiger partial charge in [-0.1, -0.05) is 0 Å². The van der Waals surface area contributed by atoms with Crippen LogP contribution in [0.5, 0.6) is 0 Å². The van der Waals surface area contributed by atoms with Gasteiger partial charge in [0, 0.05) is 18.8 Å². The maximum absolute atomic E-state index is 11.6. The highest BCUT2D eigenvalue weighted by Crippen LogP contribution is 2.49. The fraction of sp³-hybridized carbons (Fsp3) is 0.538. The molecule has 0 fully saturated rings. The van der Waals surface area contributed by atoms with E-state index >= 15 is 0 Å². The zero-order valence-electron chi connectivity index (χ0n) is 12.8. The second-order valence-corrected chi connectivity index (χ2v) is 7.66. The molecular weight excluding hydrogens is 313 g/mol.